The van der Waals surface area contributed by atoms with E-state index in [0.29, 0.717) is 0 Å². The summed E-state index contributed by atoms with van der Waals surface area (Å²) in [4.78, 5) is 0. The molecule has 0 atom stereocenters. The Hall–Kier alpha value is -2.36. The van der Waals surface area contributed by atoms with Gasteiger partial charge in [0.2, 0.25) is 0 Å². The molecular weight excluding hydrogens is 426 g/mol. The van der Waals surface area contributed by atoms with Crippen LogP contribution >= 0.6 is 27.3 Å². The van der Waals surface area contributed by atoms with Gasteiger partial charge in [-0.3, -0.25) is 0 Å². The third-order valence-corrected chi connectivity index (χ3v) is 7.18. The molecule has 1 nitrogen and oxygen atoms in total. The van der Waals surface area contributed by atoms with Gasteiger partial charge in [-0.05, 0) is 49.2 Å². The van der Waals surface area contributed by atoms with Gasteiger partial charge < -0.3 is 4.57 Å². The Morgan fingerprint density at radius 1 is 1.00 bits per heavy atom. The van der Waals surface area contributed by atoms with Gasteiger partial charge in [-0.25, -0.2) is 0 Å². The second kappa shape index (κ2) is 6.91. The normalized spacial score (nSPS) is 12.1. The lowest BCUT2D eigenvalue weighted by atomic mass is 10.1. The van der Waals surface area contributed by atoms with Crippen molar-refractivity contribution in [3.63, 3.8) is 0 Å². The maximum Gasteiger partial charge on any atom is 0.0727 e. The molecule has 138 valence electrons. The molecule has 2 aromatic heterocycles. The van der Waals surface area contributed by atoms with Gasteiger partial charge in [0.25, 0.3) is 0 Å². The van der Waals surface area contributed by atoms with E-state index in [-0.39, 0.29) is 0 Å². The predicted molar refractivity (Wildman–Crippen MR) is 128 cm³/mol. The van der Waals surface area contributed by atoms with Crippen LogP contribution in [0.4, 0.5) is 0 Å². The molecule has 0 unspecified atom stereocenters. The molecule has 2 heterocycles. The molecule has 0 N–H and O–H groups in total. The minimum Gasteiger partial charge on any atom is -0.308 e. The van der Waals surface area contributed by atoms with Gasteiger partial charge in [0, 0.05) is 36.7 Å². The number of allylic oxidation sites excluding steroid dienone is 1. The third-order valence-electron chi connectivity index (χ3n) is 5.36. The van der Waals surface area contributed by atoms with Crippen LogP contribution in [0.5, 0.6) is 0 Å². The summed E-state index contributed by atoms with van der Waals surface area (Å²) in [5.74, 6) is 0. The summed E-state index contributed by atoms with van der Waals surface area (Å²) in [7, 11) is 0. The molecule has 3 aromatic carbocycles. The van der Waals surface area contributed by atoms with E-state index in [1.165, 1.54) is 52.5 Å². The molecule has 0 spiro atoms. The number of aromatic nitrogens is 1. The second-order valence-corrected chi connectivity index (χ2v) is 8.85. The average Bonchev–Trinajstić information content (AvgIpc) is 3.25. The Morgan fingerprint density at radius 2 is 1.75 bits per heavy atom. The molecule has 3 heteroatoms. The van der Waals surface area contributed by atoms with Crippen LogP contribution in [-0.2, 0) is 6.42 Å². The molecule has 0 bridgehead atoms. The van der Waals surface area contributed by atoms with E-state index in [1.54, 1.807) is 0 Å². The lowest BCUT2D eigenvalue weighted by Gasteiger charge is -2.10. The van der Waals surface area contributed by atoms with E-state index in [1.807, 2.05) is 11.3 Å². The molecule has 0 aliphatic heterocycles. The fraction of sp³-hybridized carbons (Fsp3) is 0.120. The summed E-state index contributed by atoms with van der Waals surface area (Å²) in [6.45, 7) is 4.34. The van der Waals surface area contributed by atoms with Gasteiger partial charge in [-0.15, -0.1) is 11.3 Å². The lowest BCUT2D eigenvalue weighted by molar-refractivity contribution is 1.06. The fourth-order valence-electron chi connectivity index (χ4n) is 4.23. The van der Waals surface area contributed by atoms with Crippen molar-refractivity contribution in [2.45, 2.75) is 20.3 Å². The Bertz CT molecular complexity index is 1360. The summed E-state index contributed by atoms with van der Waals surface area (Å²) in [5.41, 5.74) is 5.18. The highest BCUT2D eigenvalue weighted by molar-refractivity contribution is 9.10. The van der Waals surface area contributed by atoms with Gasteiger partial charge in [-0.2, -0.15) is 0 Å². The molecule has 0 saturated carbocycles. The Balaban J connectivity index is 2.08. The summed E-state index contributed by atoms with van der Waals surface area (Å²) in [6, 6.07) is 21.7. The summed E-state index contributed by atoms with van der Waals surface area (Å²) in [5, 5.41) is 3.99. The first-order valence-corrected chi connectivity index (χ1v) is 11.2. The number of halogens is 1. The third kappa shape index (κ3) is 2.50. The van der Waals surface area contributed by atoms with Gasteiger partial charge in [0.05, 0.1) is 10.2 Å². The average molecular weight is 446 g/mol. The number of thiophene rings is 1. The quantitative estimate of drug-likeness (QED) is 0.262. The molecule has 0 radical (unpaired) electrons. The molecule has 0 amide bonds. The minimum atomic E-state index is 0.991. The van der Waals surface area contributed by atoms with E-state index in [4.69, 9.17) is 0 Å². The van der Waals surface area contributed by atoms with Crippen molar-refractivity contribution >= 4 is 64.4 Å². The predicted octanol–water partition coefficient (Wildman–Crippen LogP) is 8.36. The van der Waals surface area contributed by atoms with Crippen LogP contribution < -0.4 is 0 Å². The molecular formula is C25H20BrNS. The number of fused-ring (bicyclic) bond motifs is 5. The first-order chi connectivity index (χ1) is 13.7. The van der Waals surface area contributed by atoms with Crippen molar-refractivity contribution in [2.24, 2.45) is 0 Å². The van der Waals surface area contributed by atoms with Crippen molar-refractivity contribution < 1.29 is 0 Å². The van der Waals surface area contributed by atoms with E-state index in [2.05, 4.69) is 107 Å². The van der Waals surface area contributed by atoms with E-state index < -0.39 is 0 Å². The minimum absolute atomic E-state index is 0.991. The highest BCUT2D eigenvalue weighted by Crippen LogP contribution is 2.45. The van der Waals surface area contributed by atoms with E-state index in [9.17, 15) is 0 Å². The molecule has 0 fully saturated rings. The SMILES string of the molecule is C/C=C\c1c(CC)c2c(Br)cc3c4ccccc4sc3c2n1-c1ccccc1. The highest BCUT2D eigenvalue weighted by Gasteiger charge is 2.22. The zero-order chi connectivity index (χ0) is 19.3. The van der Waals surface area contributed by atoms with Crippen LogP contribution in [0.3, 0.4) is 0 Å². The number of para-hydroxylation sites is 1. The molecule has 5 rings (SSSR count). The van der Waals surface area contributed by atoms with Crippen LogP contribution in [0, 0.1) is 0 Å². The van der Waals surface area contributed by atoms with Crippen molar-refractivity contribution in [3.8, 4) is 5.69 Å². The molecule has 0 aliphatic rings. The molecule has 0 aliphatic carbocycles. The topological polar surface area (TPSA) is 4.93 Å². The summed E-state index contributed by atoms with van der Waals surface area (Å²) in [6.07, 6.45) is 5.38. The Morgan fingerprint density at radius 3 is 2.50 bits per heavy atom. The number of hydrogen-bond acceptors (Lipinski definition) is 1. The molecule has 5 aromatic rings. The Labute approximate surface area is 177 Å². The Kier molecular flexibility index (Phi) is 4.37. The van der Waals surface area contributed by atoms with Gasteiger partial charge in [-0.1, -0.05) is 65.3 Å². The number of hydrogen-bond donors (Lipinski definition) is 0. The van der Waals surface area contributed by atoms with Crippen LogP contribution in [-0.4, -0.2) is 4.57 Å². The zero-order valence-electron chi connectivity index (χ0n) is 15.9. The maximum absolute atomic E-state index is 3.92. The zero-order valence-corrected chi connectivity index (χ0v) is 18.3. The van der Waals surface area contributed by atoms with Crippen molar-refractivity contribution in [2.75, 3.05) is 0 Å². The molecule has 0 saturated heterocycles. The van der Waals surface area contributed by atoms with Crippen LogP contribution in [0.25, 0.3) is 42.8 Å². The first-order valence-electron chi connectivity index (χ1n) is 9.59. The van der Waals surface area contributed by atoms with Crippen LogP contribution in [0.15, 0.2) is 71.2 Å². The van der Waals surface area contributed by atoms with Crippen molar-refractivity contribution in [1.82, 2.24) is 4.57 Å². The second-order valence-electron chi connectivity index (χ2n) is 6.95. The largest absolute Gasteiger partial charge is 0.308 e. The van der Waals surface area contributed by atoms with E-state index >= 15 is 0 Å². The van der Waals surface area contributed by atoms with Crippen molar-refractivity contribution in [1.29, 1.82) is 0 Å². The fourth-order valence-corrected chi connectivity index (χ4v) is 6.11. The van der Waals surface area contributed by atoms with Crippen LogP contribution in [0.1, 0.15) is 25.1 Å². The van der Waals surface area contributed by atoms with Gasteiger partial charge in [0.1, 0.15) is 0 Å². The van der Waals surface area contributed by atoms with Gasteiger partial charge in [0.15, 0.2) is 0 Å². The molecule has 28 heavy (non-hydrogen) atoms. The number of aryl methyl sites for hydroxylation is 1. The van der Waals surface area contributed by atoms with E-state index in [0.717, 1.165) is 6.42 Å². The van der Waals surface area contributed by atoms with Crippen LogP contribution in [0.2, 0.25) is 0 Å². The number of nitrogens with zero attached hydrogens (tertiary/aromatic N) is 1. The number of rotatable bonds is 3. The lowest BCUT2D eigenvalue weighted by Crippen LogP contribution is -1.97. The highest BCUT2D eigenvalue weighted by atomic mass is 79.9. The maximum atomic E-state index is 3.92. The summed E-state index contributed by atoms with van der Waals surface area (Å²) >= 11 is 5.81. The first kappa shape index (κ1) is 17.7. The monoisotopic (exact) mass is 445 g/mol. The summed E-state index contributed by atoms with van der Waals surface area (Å²) < 4.78 is 6.31. The van der Waals surface area contributed by atoms with Gasteiger partial charge >= 0.3 is 0 Å². The van der Waals surface area contributed by atoms with Crippen molar-refractivity contribution in [3.05, 3.63) is 82.5 Å². The standard InChI is InChI=1S/C25H20BrNS/c1-3-10-21-17(4-2)23-20(26)15-19-18-13-8-9-14-22(18)28-25(19)24(23)27(21)16-11-6-5-7-12-16/h3,5-15H,4H2,1-2H3/b10-3-. The number of benzene rings is 3. The smallest absolute Gasteiger partial charge is 0.0727 e.